The zero-order valence-electron chi connectivity index (χ0n) is 14.8. The second kappa shape index (κ2) is 6.99. The highest BCUT2D eigenvalue weighted by molar-refractivity contribution is 7.92. The van der Waals surface area contributed by atoms with Gasteiger partial charge in [0.2, 0.25) is 0 Å². The van der Waals surface area contributed by atoms with Gasteiger partial charge in [-0.3, -0.25) is 4.79 Å². The summed E-state index contributed by atoms with van der Waals surface area (Å²) in [4.78, 5) is 12.7. The molecule has 1 aliphatic carbocycles. The molecule has 0 spiro atoms. The zero-order chi connectivity index (χ0) is 19.8. The highest BCUT2D eigenvalue weighted by atomic mass is 35.5. The number of hydrogen-bond acceptors (Lipinski definition) is 5. The summed E-state index contributed by atoms with van der Waals surface area (Å²) in [5, 5.41) is 9.01. The molecule has 0 heterocycles. The maximum atomic E-state index is 13.3. The van der Waals surface area contributed by atoms with E-state index in [0.717, 1.165) is 5.56 Å². The summed E-state index contributed by atoms with van der Waals surface area (Å²) < 4.78 is 31.6. The Morgan fingerprint density at radius 2 is 1.93 bits per heavy atom. The maximum Gasteiger partial charge on any atom is 0.328 e. The van der Waals surface area contributed by atoms with Crippen LogP contribution in [0.15, 0.2) is 53.4 Å². The molecule has 3 rings (SSSR count). The van der Waals surface area contributed by atoms with E-state index in [-0.39, 0.29) is 11.5 Å². The molecule has 0 bridgehead atoms. The Morgan fingerprint density at radius 1 is 1.26 bits per heavy atom. The first-order chi connectivity index (χ1) is 12.8. The fourth-order valence-corrected chi connectivity index (χ4v) is 5.91. The van der Waals surface area contributed by atoms with Crippen molar-refractivity contribution in [3.63, 3.8) is 0 Å². The van der Waals surface area contributed by atoms with Gasteiger partial charge >= 0.3 is 5.97 Å². The Kier molecular flexibility index (Phi) is 5.02. The lowest BCUT2D eigenvalue weighted by molar-refractivity contribution is -0.147. The van der Waals surface area contributed by atoms with Gasteiger partial charge in [0.25, 0.3) is 0 Å². The molecule has 1 saturated carbocycles. The predicted octanol–water partition coefficient (Wildman–Crippen LogP) is 3.66. The molecular formula is C20H18ClNO4S. The molecule has 1 fully saturated rings. The van der Waals surface area contributed by atoms with Gasteiger partial charge in [-0.25, -0.2) is 8.42 Å². The Labute approximate surface area is 163 Å². The third-order valence-corrected chi connectivity index (χ3v) is 7.30. The molecule has 5 nitrogen and oxygen atoms in total. The number of ether oxygens (including phenoxy) is 1. The second-order valence-electron chi connectivity index (χ2n) is 6.51. The SMILES string of the molecule is CCOC(=O)[C@@]1(C#N)[C@@H](c2cccc(Cl)c2)[C@@H]1S(=O)(=O)c1ccc(C)cc1. The van der Waals surface area contributed by atoms with Crippen molar-refractivity contribution in [2.75, 3.05) is 6.61 Å². The van der Waals surface area contributed by atoms with Gasteiger partial charge in [-0.05, 0) is 43.7 Å². The number of hydrogen-bond donors (Lipinski definition) is 0. The number of carbonyl (C=O) groups is 1. The monoisotopic (exact) mass is 403 g/mol. The van der Waals surface area contributed by atoms with Crippen LogP contribution in [0.25, 0.3) is 0 Å². The summed E-state index contributed by atoms with van der Waals surface area (Å²) in [5.74, 6) is -1.66. The van der Waals surface area contributed by atoms with Crippen molar-refractivity contribution in [3.05, 3.63) is 64.7 Å². The number of benzene rings is 2. The summed E-state index contributed by atoms with van der Waals surface area (Å²) in [7, 11) is -3.94. The van der Waals surface area contributed by atoms with Gasteiger partial charge in [0.15, 0.2) is 15.3 Å². The summed E-state index contributed by atoms with van der Waals surface area (Å²) in [6.07, 6.45) is 0. The lowest BCUT2D eigenvalue weighted by atomic mass is 10.0. The second-order valence-corrected chi connectivity index (χ2v) is 9.02. The van der Waals surface area contributed by atoms with Gasteiger partial charge in [0, 0.05) is 10.9 Å². The average molecular weight is 404 g/mol. The van der Waals surface area contributed by atoms with Gasteiger partial charge < -0.3 is 4.74 Å². The average Bonchev–Trinajstić information content (AvgIpc) is 3.34. The molecule has 0 unspecified atom stereocenters. The fourth-order valence-electron chi connectivity index (χ4n) is 3.46. The Bertz CT molecular complexity index is 1030. The van der Waals surface area contributed by atoms with Crippen molar-refractivity contribution in [1.82, 2.24) is 0 Å². The van der Waals surface area contributed by atoms with Crippen LogP contribution < -0.4 is 0 Å². The van der Waals surface area contributed by atoms with Gasteiger partial charge in [-0.2, -0.15) is 5.26 Å². The Balaban J connectivity index is 2.14. The van der Waals surface area contributed by atoms with E-state index in [1.807, 2.05) is 13.0 Å². The van der Waals surface area contributed by atoms with E-state index < -0.39 is 32.4 Å². The van der Waals surface area contributed by atoms with Crippen molar-refractivity contribution in [3.8, 4) is 6.07 Å². The zero-order valence-corrected chi connectivity index (χ0v) is 16.4. The standard InChI is InChI=1S/C20H18ClNO4S/c1-3-26-19(23)20(12-22)17(14-5-4-6-15(21)11-14)18(20)27(24,25)16-9-7-13(2)8-10-16/h4-11,17-18H,3H2,1-2H3/t17-,18-,20-/m0/s1. The molecule has 7 heteroatoms. The van der Waals surface area contributed by atoms with Gasteiger partial charge in [-0.15, -0.1) is 0 Å². The minimum Gasteiger partial charge on any atom is -0.465 e. The van der Waals surface area contributed by atoms with E-state index in [9.17, 15) is 18.5 Å². The lowest BCUT2D eigenvalue weighted by Gasteiger charge is -2.09. The van der Waals surface area contributed by atoms with Crippen LogP contribution in [0.4, 0.5) is 0 Å². The van der Waals surface area contributed by atoms with E-state index >= 15 is 0 Å². The molecule has 0 N–H and O–H groups in total. The summed E-state index contributed by atoms with van der Waals surface area (Å²) >= 11 is 6.04. The van der Waals surface area contributed by atoms with Crippen molar-refractivity contribution in [2.45, 2.75) is 29.9 Å². The molecule has 0 saturated heterocycles. The van der Waals surface area contributed by atoms with Crippen LogP contribution in [-0.4, -0.2) is 26.2 Å². The van der Waals surface area contributed by atoms with Crippen LogP contribution in [0, 0.1) is 23.7 Å². The normalized spacial score (nSPS) is 24.1. The third kappa shape index (κ3) is 3.11. The molecule has 0 aromatic heterocycles. The van der Waals surface area contributed by atoms with Crippen LogP contribution in [0.5, 0.6) is 0 Å². The third-order valence-electron chi connectivity index (χ3n) is 4.82. The van der Waals surface area contributed by atoms with E-state index in [1.165, 1.54) is 12.1 Å². The molecule has 2 aromatic carbocycles. The largest absolute Gasteiger partial charge is 0.465 e. The quantitative estimate of drug-likeness (QED) is 0.711. The van der Waals surface area contributed by atoms with E-state index in [0.29, 0.717) is 10.6 Å². The lowest BCUT2D eigenvalue weighted by Crippen LogP contribution is -2.25. The molecule has 140 valence electrons. The highest BCUT2D eigenvalue weighted by Crippen LogP contribution is 2.64. The van der Waals surface area contributed by atoms with Crippen LogP contribution in [-0.2, 0) is 19.4 Å². The predicted molar refractivity (Wildman–Crippen MR) is 101 cm³/mol. The number of carbonyl (C=O) groups excluding carboxylic acids is 1. The van der Waals surface area contributed by atoms with Crippen molar-refractivity contribution >= 4 is 27.4 Å². The first-order valence-corrected chi connectivity index (χ1v) is 10.4. The fraction of sp³-hybridized carbons (Fsp3) is 0.300. The molecule has 0 amide bonds. The Hall–Kier alpha value is -2.36. The summed E-state index contributed by atoms with van der Waals surface area (Å²) in [6, 6.07) is 14.9. The van der Waals surface area contributed by atoms with Gasteiger partial charge in [0.05, 0.1) is 17.6 Å². The van der Waals surface area contributed by atoms with Crippen molar-refractivity contribution < 1.29 is 17.9 Å². The topological polar surface area (TPSA) is 84.2 Å². The van der Waals surface area contributed by atoms with Crippen LogP contribution in [0.2, 0.25) is 5.02 Å². The minimum absolute atomic E-state index is 0.0574. The van der Waals surface area contributed by atoms with E-state index in [1.54, 1.807) is 43.3 Å². The van der Waals surface area contributed by atoms with Crippen molar-refractivity contribution in [1.29, 1.82) is 5.26 Å². The molecule has 0 radical (unpaired) electrons. The molecular weight excluding hydrogens is 386 g/mol. The maximum absolute atomic E-state index is 13.3. The number of sulfone groups is 1. The van der Waals surface area contributed by atoms with Gasteiger partial charge in [-0.1, -0.05) is 41.4 Å². The first-order valence-electron chi connectivity index (χ1n) is 8.43. The Morgan fingerprint density at radius 3 is 2.48 bits per heavy atom. The van der Waals surface area contributed by atoms with Gasteiger partial charge in [0.1, 0.15) is 5.25 Å². The number of aryl methyl sites for hydroxylation is 1. The number of nitrogens with zero attached hydrogens (tertiary/aromatic N) is 1. The van der Waals surface area contributed by atoms with Crippen LogP contribution in [0.3, 0.4) is 0 Å². The smallest absolute Gasteiger partial charge is 0.328 e. The molecule has 2 aromatic rings. The number of esters is 1. The highest BCUT2D eigenvalue weighted by Gasteiger charge is 2.77. The van der Waals surface area contributed by atoms with E-state index in [2.05, 4.69) is 0 Å². The molecule has 3 atom stereocenters. The summed E-state index contributed by atoms with van der Waals surface area (Å²) in [5.41, 5.74) is -0.351. The number of nitriles is 1. The molecule has 27 heavy (non-hydrogen) atoms. The summed E-state index contributed by atoms with van der Waals surface area (Å²) in [6.45, 7) is 3.52. The van der Waals surface area contributed by atoms with E-state index in [4.69, 9.17) is 16.3 Å². The number of rotatable bonds is 5. The molecule has 1 aliphatic rings. The van der Waals surface area contributed by atoms with Crippen molar-refractivity contribution in [2.24, 2.45) is 5.41 Å². The first kappa shape index (κ1) is 19.4. The number of halogens is 1. The van der Waals surface area contributed by atoms with Crippen LogP contribution >= 0.6 is 11.6 Å². The van der Waals surface area contributed by atoms with Crippen LogP contribution in [0.1, 0.15) is 24.0 Å². The minimum atomic E-state index is -3.94. The molecule has 0 aliphatic heterocycles.